The SMILES string of the molecule is CCc1ccc(CNC(=O)C[S@@](=O)c2ccc(F)c(F)c2)s1. The molecule has 0 aliphatic rings. The van der Waals surface area contributed by atoms with Crippen molar-refractivity contribution in [3.63, 3.8) is 0 Å². The van der Waals surface area contributed by atoms with E-state index in [1.54, 1.807) is 11.3 Å². The van der Waals surface area contributed by atoms with Gasteiger partial charge in [-0.25, -0.2) is 8.78 Å². The summed E-state index contributed by atoms with van der Waals surface area (Å²) in [6, 6.07) is 6.92. The maximum atomic E-state index is 13.1. The second-order valence-corrected chi connectivity index (χ2v) is 7.27. The number of halogens is 2. The van der Waals surface area contributed by atoms with Crippen molar-refractivity contribution in [1.29, 1.82) is 0 Å². The molecule has 0 aliphatic carbocycles. The first-order chi connectivity index (χ1) is 10.5. The van der Waals surface area contributed by atoms with Gasteiger partial charge in [0.25, 0.3) is 0 Å². The van der Waals surface area contributed by atoms with E-state index >= 15 is 0 Å². The number of rotatable bonds is 6. The van der Waals surface area contributed by atoms with E-state index in [1.165, 1.54) is 10.9 Å². The van der Waals surface area contributed by atoms with Gasteiger partial charge in [0, 0.05) is 14.6 Å². The quantitative estimate of drug-likeness (QED) is 0.876. The van der Waals surface area contributed by atoms with Gasteiger partial charge in [-0.05, 0) is 36.8 Å². The molecule has 0 saturated carbocycles. The molecular weight excluding hydrogens is 328 g/mol. The highest BCUT2D eigenvalue weighted by Crippen LogP contribution is 2.16. The molecule has 0 radical (unpaired) electrons. The molecule has 1 aromatic carbocycles. The summed E-state index contributed by atoms with van der Waals surface area (Å²) in [5, 5.41) is 2.67. The highest BCUT2D eigenvalue weighted by atomic mass is 32.2. The average molecular weight is 343 g/mol. The minimum atomic E-state index is -1.70. The summed E-state index contributed by atoms with van der Waals surface area (Å²) in [6.07, 6.45) is 0.943. The summed E-state index contributed by atoms with van der Waals surface area (Å²) in [4.78, 5) is 14.1. The van der Waals surface area contributed by atoms with Crippen LogP contribution in [0.2, 0.25) is 0 Å². The van der Waals surface area contributed by atoms with Gasteiger partial charge in [-0.1, -0.05) is 6.92 Å². The van der Waals surface area contributed by atoms with Crippen molar-refractivity contribution in [3.8, 4) is 0 Å². The zero-order valence-corrected chi connectivity index (χ0v) is 13.5. The second kappa shape index (κ2) is 7.60. The number of nitrogens with one attached hydrogen (secondary N) is 1. The van der Waals surface area contributed by atoms with E-state index in [4.69, 9.17) is 0 Å². The van der Waals surface area contributed by atoms with E-state index in [-0.39, 0.29) is 10.6 Å². The largest absolute Gasteiger partial charge is 0.350 e. The Balaban J connectivity index is 1.88. The molecule has 0 bridgehead atoms. The van der Waals surface area contributed by atoms with Crippen molar-refractivity contribution in [3.05, 3.63) is 51.7 Å². The molecule has 0 saturated heterocycles. The molecule has 0 fully saturated rings. The molecule has 1 aromatic heterocycles. The Labute approximate surface area is 133 Å². The fourth-order valence-corrected chi connectivity index (χ4v) is 3.62. The van der Waals surface area contributed by atoms with E-state index in [0.29, 0.717) is 6.54 Å². The van der Waals surface area contributed by atoms with Crippen LogP contribution in [0.1, 0.15) is 16.7 Å². The van der Waals surface area contributed by atoms with Crippen molar-refractivity contribution in [2.45, 2.75) is 24.8 Å². The van der Waals surface area contributed by atoms with E-state index < -0.39 is 28.3 Å². The average Bonchev–Trinajstić information content (AvgIpc) is 2.96. The lowest BCUT2D eigenvalue weighted by Gasteiger charge is -2.05. The first kappa shape index (κ1) is 16.8. The van der Waals surface area contributed by atoms with Crippen molar-refractivity contribution in [2.24, 2.45) is 0 Å². The number of carbonyl (C=O) groups excluding carboxylic acids is 1. The van der Waals surface area contributed by atoms with Crippen LogP contribution in [0.4, 0.5) is 8.78 Å². The van der Waals surface area contributed by atoms with E-state index in [9.17, 15) is 17.8 Å². The molecule has 1 N–H and O–H groups in total. The van der Waals surface area contributed by atoms with Crippen molar-refractivity contribution in [2.75, 3.05) is 5.75 Å². The number of hydrogen-bond donors (Lipinski definition) is 1. The normalized spacial score (nSPS) is 12.1. The lowest BCUT2D eigenvalue weighted by molar-refractivity contribution is -0.118. The van der Waals surface area contributed by atoms with Gasteiger partial charge in [0.1, 0.15) is 5.75 Å². The van der Waals surface area contributed by atoms with Gasteiger partial charge in [-0.15, -0.1) is 11.3 Å². The summed E-state index contributed by atoms with van der Waals surface area (Å²) in [7, 11) is -1.70. The maximum Gasteiger partial charge on any atom is 0.233 e. The molecule has 0 aliphatic heterocycles. The van der Waals surface area contributed by atoms with Gasteiger partial charge in [-0.2, -0.15) is 0 Å². The van der Waals surface area contributed by atoms with Gasteiger partial charge in [0.15, 0.2) is 11.6 Å². The molecule has 118 valence electrons. The minimum absolute atomic E-state index is 0.0958. The first-order valence-electron chi connectivity index (χ1n) is 6.67. The number of benzene rings is 1. The fraction of sp³-hybridized carbons (Fsp3) is 0.267. The summed E-state index contributed by atoms with van der Waals surface area (Å²) in [5.41, 5.74) is 0. The van der Waals surface area contributed by atoms with Gasteiger partial charge < -0.3 is 5.32 Å². The highest BCUT2D eigenvalue weighted by Gasteiger charge is 2.13. The first-order valence-corrected chi connectivity index (χ1v) is 8.81. The van der Waals surface area contributed by atoms with Crippen LogP contribution < -0.4 is 5.32 Å². The Morgan fingerprint density at radius 3 is 2.55 bits per heavy atom. The Kier molecular flexibility index (Phi) is 5.79. The van der Waals surface area contributed by atoms with Crippen LogP contribution in [-0.4, -0.2) is 15.9 Å². The van der Waals surface area contributed by atoms with E-state index in [2.05, 4.69) is 12.2 Å². The van der Waals surface area contributed by atoms with Gasteiger partial charge in [0.05, 0.1) is 17.3 Å². The molecule has 1 amide bonds. The summed E-state index contributed by atoms with van der Waals surface area (Å²) in [6.45, 7) is 2.43. The summed E-state index contributed by atoms with van der Waals surface area (Å²) < 4.78 is 37.8. The predicted octanol–water partition coefficient (Wildman–Crippen LogP) is 3.01. The molecule has 0 unspecified atom stereocenters. The molecule has 2 rings (SSSR count). The second-order valence-electron chi connectivity index (χ2n) is 4.56. The number of aryl methyl sites for hydroxylation is 1. The Morgan fingerprint density at radius 2 is 1.91 bits per heavy atom. The Hall–Kier alpha value is -1.60. The Bertz CT molecular complexity index is 701. The minimum Gasteiger partial charge on any atom is -0.350 e. The zero-order chi connectivity index (χ0) is 16.1. The number of amides is 1. The third kappa shape index (κ3) is 4.45. The van der Waals surface area contributed by atoms with E-state index in [0.717, 1.165) is 23.4 Å². The van der Waals surface area contributed by atoms with E-state index in [1.807, 2.05) is 12.1 Å². The Morgan fingerprint density at radius 1 is 1.18 bits per heavy atom. The van der Waals surface area contributed by atoms with Crippen LogP contribution in [0.3, 0.4) is 0 Å². The smallest absolute Gasteiger partial charge is 0.233 e. The molecule has 1 atom stereocenters. The van der Waals surface area contributed by atoms with Crippen LogP contribution in [0, 0.1) is 11.6 Å². The topological polar surface area (TPSA) is 46.2 Å². The van der Waals surface area contributed by atoms with Gasteiger partial charge in [-0.3, -0.25) is 9.00 Å². The van der Waals surface area contributed by atoms with Crippen LogP contribution in [0.25, 0.3) is 0 Å². The lowest BCUT2D eigenvalue weighted by Crippen LogP contribution is -2.27. The zero-order valence-electron chi connectivity index (χ0n) is 11.9. The van der Waals surface area contributed by atoms with Gasteiger partial charge in [0.2, 0.25) is 5.91 Å². The van der Waals surface area contributed by atoms with Crippen LogP contribution in [0.5, 0.6) is 0 Å². The lowest BCUT2D eigenvalue weighted by atomic mass is 10.3. The number of thiophene rings is 1. The standard InChI is InChI=1S/C15H15F2NO2S2/c1-2-10-3-4-11(21-10)8-18-15(19)9-22(20)12-5-6-13(16)14(17)7-12/h3-7H,2,8-9H2,1H3,(H,18,19)/t22-/m1/s1. The third-order valence-electron chi connectivity index (χ3n) is 2.94. The highest BCUT2D eigenvalue weighted by molar-refractivity contribution is 7.85. The van der Waals surface area contributed by atoms with Crippen LogP contribution >= 0.6 is 11.3 Å². The fourth-order valence-electron chi connectivity index (χ4n) is 1.76. The molecule has 7 heteroatoms. The van der Waals surface area contributed by atoms with Crippen LogP contribution in [0.15, 0.2) is 35.2 Å². The predicted molar refractivity (Wildman–Crippen MR) is 83.2 cm³/mol. The third-order valence-corrected chi connectivity index (χ3v) is 5.48. The number of carbonyl (C=O) groups is 1. The van der Waals surface area contributed by atoms with Crippen molar-refractivity contribution in [1.82, 2.24) is 5.32 Å². The van der Waals surface area contributed by atoms with Crippen molar-refractivity contribution >= 4 is 28.0 Å². The molecule has 22 heavy (non-hydrogen) atoms. The maximum absolute atomic E-state index is 13.1. The summed E-state index contributed by atoms with van der Waals surface area (Å²) >= 11 is 1.61. The van der Waals surface area contributed by atoms with Crippen molar-refractivity contribution < 1.29 is 17.8 Å². The molecular formula is C15H15F2NO2S2. The molecule has 3 nitrogen and oxygen atoms in total. The molecule has 2 aromatic rings. The van der Waals surface area contributed by atoms with Crippen LogP contribution in [-0.2, 0) is 28.6 Å². The number of hydrogen-bond acceptors (Lipinski definition) is 3. The van der Waals surface area contributed by atoms with Gasteiger partial charge >= 0.3 is 0 Å². The summed E-state index contributed by atoms with van der Waals surface area (Å²) in [5.74, 6) is -2.75. The molecule has 1 heterocycles. The molecule has 0 spiro atoms. The monoisotopic (exact) mass is 343 g/mol.